The molecule has 0 saturated heterocycles. The minimum absolute atomic E-state index is 0.153. The largest absolute Gasteiger partial charge is 0.496 e. The number of hydrogen-bond acceptors (Lipinski definition) is 5. The summed E-state index contributed by atoms with van der Waals surface area (Å²) in [5.74, 6) is 0.664. The van der Waals surface area contributed by atoms with Gasteiger partial charge in [0.15, 0.2) is 0 Å². The number of carbonyl (C=O) groups is 2. The summed E-state index contributed by atoms with van der Waals surface area (Å²) < 4.78 is 5.29. The number of benzene rings is 2. The number of halogens is 1. The van der Waals surface area contributed by atoms with Crippen LogP contribution in [0.15, 0.2) is 54.6 Å². The van der Waals surface area contributed by atoms with Gasteiger partial charge in [0.25, 0.3) is 5.91 Å². The number of ether oxygens (including phenoxy) is 1. The van der Waals surface area contributed by atoms with E-state index in [1.165, 1.54) is 11.3 Å². The minimum atomic E-state index is -0.228. The van der Waals surface area contributed by atoms with Gasteiger partial charge in [-0.15, -0.1) is 11.3 Å². The van der Waals surface area contributed by atoms with E-state index in [0.29, 0.717) is 38.2 Å². The van der Waals surface area contributed by atoms with Crippen LogP contribution in [-0.2, 0) is 17.8 Å². The lowest BCUT2D eigenvalue weighted by Crippen LogP contribution is -2.21. The first-order valence-electron chi connectivity index (χ1n) is 9.46. The van der Waals surface area contributed by atoms with E-state index in [0.717, 1.165) is 11.1 Å². The molecule has 4 rings (SSSR count). The molecular formula is C22H19ClN4O3S. The van der Waals surface area contributed by atoms with Gasteiger partial charge >= 0.3 is 0 Å². The number of amides is 2. The zero-order valence-electron chi connectivity index (χ0n) is 16.6. The van der Waals surface area contributed by atoms with Crippen molar-refractivity contribution in [1.29, 1.82) is 0 Å². The number of methoxy groups -OCH3 is 1. The van der Waals surface area contributed by atoms with E-state index >= 15 is 0 Å². The number of hydrogen-bond donors (Lipinski definition) is 3. The third-order valence-electron chi connectivity index (χ3n) is 4.68. The Balaban J connectivity index is 1.44. The highest BCUT2D eigenvalue weighted by Crippen LogP contribution is 2.29. The van der Waals surface area contributed by atoms with Crippen LogP contribution in [0.5, 0.6) is 5.75 Å². The summed E-state index contributed by atoms with van der Waals surface area (Å²) in [5.41, 5.74) is 1.62. The number of anilines is 1. The maximum absolute atomic E-state index is 12.6. The molecule has 2 heterocycles. The molecule has 0 fully saturated rings. The first-order chi connectivity index (χ1) is 15.0. The van der Waals surface area contributed by atoms with Gasteiger partial charge in [-0.1, -0.05) is 48.0 Å². The van der Waals surface area contributed by atoms with Crippen molar-refractivity contribution in [3.63, 3.8) is 0 Å². The zero-order chi connectivity index (χ0) is 21.8. The molecule has 0 unspecified atom stereocenters. The van der Waals surface area contributed by atoms with Crippen molar-refractivity contribution in [2.24, 2.45) is 0 Å². The summed E-state index contributed by atoms with van der Waals surface area (Å²) in [6, 6.07) is 16.4. The van der Waals surface area contributed by atoms with E-state index in [1.807, 2.05) is 42.5 Å². The Morgan fingerprint density at radius 1 is 1.13 bits per heavy atom. The predicted molar refractivity (Wildman–Crippen MR) is 122 cm³/mol. The number of nitrogens with one attached hydrogen (secondary N) is 3. The van der Waals surface area contributed by atoms with Crippen LogP contribution in [0.3, 0.4) is 0 Å². The Morgan fingerprint density at radius 2 is 1.87 bits per heavy atom. The van der Waals surface area contributed by atoms with Gasteiger partial charge in [0.05, 0.1) is 23.8 Å². The number of nitrogens with zero attached hydrogens (tertiary/aromatic N) is 1. The Labute approximate surface area is 187 Å². The molecule has 2 aromatic heterocycles. The monoisotopic (exact) mass is 454 g/mol. The molecule has 0 atom stereocenters. The standard InChI is InChI=1S/C22H19ClN4O3S/c1-30-17-9-5-3-6-13(17)10-19(28)25-20-15-11-18(31-22(15)27-26-20)21(29)24-12-14-7-2-4-8-16(14)23/h2-9,11H,10,12H2,1H3,(H,24,29)(H2,25,26,27,28). The third-order valence-corrected chi connectivity index (χ3v) is 6.08. The number of aromatic nitrogens is 2. The summed E-state index contributed by atoms with van der Waals surface area (Å²) >= 11 is 7.38. The number of carbonyl (C=O) groups excluding carboxylic acids is 2. The second-order valence-electron chi connectivity index (χ2n) is 6.74. The molecule has 0 saturated carbocycles. The Morgan fingerprint density at radius 3 is 2.65 bits per heavy atom. The van der Waals surface area contributed by atoms with Crippen LogP contribution in [0.4, 0.5) is 5.82 Å². The van der Waals surface area contributed by atoms with Crippen molar-refractivity contribution in [2.45, 2.75) is 13.0 Å². The van der Waals surface area contributed by atoms with Crippen molar-refractivity contribution in [1.82, 2.24) is 15.5 Å². The molecule has 31 heavy (non-hydrogen) atoms. The Hall–Kier alpha value is -3.36. The lowest BCUT2D eigenvalue weighted by atomic mass is 10.1. The number of fused-ring (bicyclic) bond motifs is 1. The molecule has 9 heteroatoms. The Bertz CT molecular complexity index is 1250. The van der Waals surface area contributed by atoms with Gasteiger partial charge in [0.2, 0.25) is 5.91 Å². The normalized spacial score (nSPS) is 10.8. The Kier molecular flexibility index (Phi) is 6.20. The van der Waals surface area contributed by atoms with Crippen molar-refractivity contribution in [3.05, 3.63) is 75.6 Å². The first kappa shape index (κ1) is 20.9. The summed E-state index contributed by atoms with van der Waals surface area (Å²) in [7, 11) is 1.57. The fraction of sp³-hybridized carbons (Fsp3) is 0.136. The lowest BCUT2D eigenvalue weighted by molar-refractivity contribution is -0.115. The van der Waals surface area contributed by atoms with Gasteiger partial charge in [-0.25, -0.2) is 0 Å². The predicted octanol–water partition coefficient (Wildman–Crippen LogP) is 4.40. The van der Waals surface area contributed by atoms with Gasteiger partial charge in [-0.05, 0) is 23.8 Å². The average Bonchev–Trinajstić information content (AvgIpc) is 3.35. The fourth-order valence-corrected chi connectivity index (χ4v) is 4.24. The zero-order valence-corrected chi connectivity index (χ0v) is 18.1. The van der Waals surface area contributed by atoms with Crippen LogP contribution in [0.25, 0.3) is 10.2 Å². The van der Waals surface area contributed by atoms with E-state index in [1.54, 1.807) is 19.2 Å². The first-order valence-corrected chi connectivity index (χ1v) is 10.7. The van der Waals surface area contributed by atoms with Crippen LogP contribution in [0.1, 0.15) is 20.8 Å². The van der Waals surface area contributed by atoms with E-state index in [2.05, 4.69) is 20.8 Å². The van der Waals surface area contributed by atoms with Crippen LogP contribution in [0, 0.1) is 0 Å². The minimum Gasteiger partial charge on any atom is -0.496 e. The van der Waals surface area contributed by atoms with Gasteiger partial charge in [-0.2, -0.15) is 5.10 Å². The highest BCUT2D eigenvalue weighted by atomic mass is 35.5. The van der Waals surface area contributed by atoms with Gasteiger partial charge in [0.1, 0.15) is 16.4 Å². The second-order valence-corrected chi connectivity index (χ2v) is 8.18. The van der Waals surface area contributed by atoms with Crippen molar-refractivity contribution >= 4 is 50.8 Å². The fourth-order valence-electron chi connectivity index (χ4n) is 3.13. The quantitative estimate of drug-likeness (QED) is 0.385. The SMILES string of the molecule is COc1ccccc1CC(=O)Nc1[nH]nc2sc(C(=O)NCc3ccccc3Cl)cc12. The number of rotatable bonds is 7. The number of H-pyrrole nitrogens is 1. The molecule has 2 amide bonds. The van der Waals surface area contributed by atoms with E-state index in [4.69, 9.17) is 16.3 Å². The maximum Gasteiger partial charge on any atom is 0.261 e. The molecule has 2 aromatic carbocycles. The molecule has 0 aliphatic heterocycles. The van der Waals surface area contributed by atoms with Crippen LogP contribution in [-0.4, -0.2) is 29.1 Å². The number of thiophene rings is 1. The number of aromatic amines is 1. The molecule has 0 spiro atoms. The van der Waals surface area contributed by atoms with Crippen molar-refractivity contribution in [3.8, 4) is 5.75 Å². The summed E-state index contributed by atoms with van der Waals surface area (Å²) in [6.07, 6.45) is 0.153. The highest BCUT2D eigenvalue weighted by molar-refractivity contribution is 7.20. The molecule has 4 aromatic rings. The van der Waals surface area contributed by atoms with Gasteiger partial charge < -0.3 is 15.4 Å². The number of para-hydroxylation sites is 1. The molecule has 3 N–H and O–H groups in total. The van der Waals surface area contributed by atoms with Crippen LogP contribution < -0.4 is 15.4 Å². The van der Waals surface area contributed by atoms with E-state index < -0.39 is 0 Å². The maximum atomic E-state index is 12.6. The summed E-state index contributed by atoms with van der Waals surface area (Å²) in [4.78, 5) is 26.2. The lowest BCUT2D eigenvalue weighted by Gasteiger charge is -2.08. The summed E-state index contributed by atoms with van der Waals surface area (Å²) in [6.45, 7) is 0.322. The molecular weight excluding hydrogens is 436 g/mol. The molecule has 0 aliphatic rings. The van der Waals surface area contributed by atoms with Crippen molar-refractivity contribution in [2.75, 3.05) is 12.4 Å². The van der Waals surface area contributed by atoms with Gasteiger partial charge in [-0.3, -0.25) is 14.7 Å². The average molecular weight is 455 g/mol. The summed E-state index contributed by atoms with van der Waals surface area (Å²) in [5, 5.41) is 14.0. The molecule has 0 bridgehead atoms. The molecule has 158 valence electrons. The van der Waals surface area contributed by atoms with Crippen LogP contribution in [0.2, 0.25) is 5.02 Å². The van der Waals surface area contributed by atoms with E-state index in [9.17, 15) is 9.59 Å². The smallest absolute Gasteiger partial charge is 0.261 e. The van der Waals surface area contributed by atoms with Crippen LogP contribution >= 0.6 is 22.9 Å². The highest BCUT2D eigenvalue weighted by Gasteiger charge is 2.17. The third kappa shape index (κ3) is 4.70. The topological polar surface area (TPSA) is 96.1 Å². The molecule has 0 aliphatic carbocycles. The van der Waals surface area contributed by atoms with E-state index in [-0.39, 0.29) is 18.2 Å². The van der Waals surface area contributed by atoms with Gasteiger partial charge in [0, 0.05) is 17.1 Å². The second kappa shape index (κ2) is 9.20. The molecule has 0 radical (unpaired) electrons. The van der Waals surface area contributed by atoms with Crippen molar-refractivity contribution < 1.29 is 14.3 Å². The molecule has 7 nitrogen and oxygen atoms in total.